The SMILES string of the molecule is Cn1c2cccc(CNC(C)(CO)CO)c2c2nc3ccccc3nc21. The second-order valence-electron chi connectivity index (χ2n) is 6.99. The highest BCUT2D eigenvalue weighted by atomic mass is 16.3. The van der Waals surface area contributed by atoms with E-state index >= 15 is 0 Å². The summed E-state index contributed by atoms with van der Waals surface area (Å²) in [5.41, 5.74) is 4.84. The van der Waals surface area contributed by atoms with E-state index in [1.807, 2.05) is 43.4 Å². The lowest BCUT2D eigenvalue weighted by molar-refractivity contribution is 0.103. The molecule has 6 nitrogen and oxygen atoms in total. The van der Waals surface area contributed by atoms with Crippen LogP contribution in [0.3, 0.4) is 0 Å². The van der Waals surface area contributed by atoms with Gasteiger partial charge < -0.3 is 20.1 Å². The number of hydrogen-bond acceptors (Lipinski definition) is 5. The third-order valence-corrected chi connectivity index (χ3v) is 5.00. The molecule has 2 heterocycles. The van der Waals surface area contributed by atoms with Gasteiger partial charge in [0.15, 0.2) is 5.65 Å². The van der Waals surface area contributed by atoms with Gasteiger partial charge in [-0.3, -0.25) is 0 Å². The molecule has 0 fully saturated rings. The highest BCUT2D eigenvalue weighted by molar-refractivity contribution is 6.08. The molecule has 6 heteroatoms. The van der Waals surface area contributed by atoms with Crippen LogP contribution in [-0.4, -0.2) is 43.5 Å². The first kappa shape index (κ1) is 16.9. The van der Waals surface area contributed by atoms with Crippen molar-refractivity contribution in [1.82, 2.24) is 19.9 Å². The molecule has 0 aliphatic carbocycles. The molecule has 0 saturated carbocycles. The molecule has 0 spiro atoms. The van der Waals surface area contributed by atoms with E-state index in [-0.39, 0.29) is 13.2 Å². The lowest BCUT2D eigenvalue weighted by Crippen LogP contribution is -2.48. The predicted molar refractivity (Wildman–Crippen MR) is 103 cm³/mol. The fourth-order valence-corrected chi connectivity index (χ4v) is 3.26. The van der Waals surface area contributed by atoms with Gasteiger partial charge in [-0.25, -0.2) is 9.97 Å². The maximum absolute atomic E-state index is 9.52. The van der Waals surface area contributed by atoms with Gasteiger partial charge in [0.1, 0.15) is 5.52 Å². The smallest absolute Gasteiger partial charge is 0.160 e. The first-order valence-corrected chi connectivity index (χ1v) is 8.66. The van der Waals surface area contributed by atoms with Gasteiger partial charge in [-0.15, -0.1) is 0 Å². The van der Waals surface area contributed by atoms with Gasteiger partial charge in [-0.2, -0.15) is 0 Å². The monoisotopic (exact) mass is 350 g/mol. The average molecular weight is 350 g/mol. The van der Waals surface area contributed by atoms with Crippen LogP contribution in [0.25, 0.3) is 33.1 Å². The number of fused-ring (bicyclic) bond motifs is 4. The van der Waals surface area contributed by atoms with E-state index in [0.29, 0.717) is 6.54 Å². The summed E-state index contributed by atoms with van der Waals surface area (Å²) in [7, 11) is 2.00. The van der Waals surface area contributed by atoms with Crippen LogP contribution in [0, 0.1) is 0 Å². The number of hydrogen-bond donors (Lipinski definition) is 3. The van der Waals surface area contributed by atoms with E-state index in [9.17, 15) is 10.2 Å². The van der Waals surface area contributed by atoms with Crippen molar-refractivity contribution in [3.63, 3.8) is 0 Å². The summed E-state index contributed by atoms with van der Waals surface area (Å²) in [6, 6.07) is 14.0. The number of nitrogens with zero attached hydrogens (tertiary/aromatic N) is 3. The van der Waals surface area contributed by atoms with Crippen molar-refractivity contribution in [2.24, 2.45) is 7.05 Å². The summed E-state index contributed by atoms with van der Waals surface area (Å²) in [5, 5.41) is 23.4. The number of para-hydroxylation sites is 2. The van der Waals surface area contributed by atoms with Crippen LogP contribution in [0.4, 0.5) is 0 Å². The molecule has 26 heavy (non-hydrogen) atoms. The summed E-state index contributed by atoms with van der Waals surface area (Å²) in [6.45, 7) is 2.03. The Hall–Kier alpha value is -2.54. The molecule has 0 unspecified atom stereocenters. The highest BCUT2D eigenvalue weighted by Crippen LogP contribution is 2.30. The van der Waals surface area contributed by atoms with Gasteiger partial charge in [-0.1, -0.05) is 24.3 Å². The maximum atomic E-state index is 9.52. The summed E-state index contributed by atoms with van der Waals surface area (Å²) >= 11 is 0. The number of rotatable bonds is 5. The lowest BCUT2D eigenvalue weighted by atomic mass is 10.0. The quantitative estimate of drug-likeness (QED) is 0.513. The van der Waals surface area contributed by atoms with Crippen LogP contribution in [0.5, 0.6) is 0 Å². The molecular formula is C20H22N4O2. The third kappa shape index (κ3) is 2.63. The lowest BCUT2D eigenvalue weighted by Gasteiger charge is -2.26. The minimum absolute atomic E-state index is 0.139. The van der Waals surface area contributed by atoms with Crippen LogP contribution in [0.2, 0.25) is 0 Å². The predicted octanol–water partition coefficient (Wildman–Crippen LogP) is 2.11. The fourth-order valence-electron chi connectivity index (χ4n) is 3.26. The molecule has 4 aromatic rings. The molecule has 0 bridgehead atoms. The van der Waals surface area contributed by atoms with Gasteiger partial charge >= 0.3 is 0 Å². The van der Waals surface area contributed by atoms with Gasteiger partial charge in [0.2, 0.25) is 0 Å². The molecular weight excluding hydrogens is 328 g/mol. The van der Waals surface area contributed by atoms with Crippen molar-refractivity contribution in [2.75, 3.05) is 13.2 Å². The Morgan fingerprint density at radius 2 is 1.69 bits per heavy atom. The standard InChI is InChI=1S/C20H22N4O2/c1-20(11-25,12-26)21-10-13-6-5-9-16-17(13)18-19(24(16)2)23-15-8-4-3-7-14(15)22-18/h3-9,21,25-26H,10-12H2,1-2H3. The second kappa shape index (κ2) is 6.32. The van der Waals surface area contributed by atoms with E-state index < -0.39 is 5.54 Å². The number of aryl methyl sites for hydroxylation is 1. The number of aromatic nitrogens is 3. The molecule has 2 aromatic heterocycles. The molecule has 0 atom stereocenters. The minimum Gasteiger partial charge on any atom is -0.394 e. The normalized spacial score (nSPS) is 12.5. The zero-order chi connectivity index (χ0) is 18.3. The molecule has 0 radical (unpaired) electrons. The van der Waals surface area contributed by atoms with E-state index in [4.69, 9.17) is 9.97 Å². The van der Waals surface area contributed by atoms with Crippen LogP contribution in [0.1, 0.15) is 12.5 Å². The van der Waals surface area contributed by atoms with Crippen molar-refractivity contribution in [3.8, 4) is 0 Å². The Bertz CT molecular complexity index is 1100. The van der Waals surface area contributed by atoms with E-state index in [0.717, 1.165) is 38.7 Å². The van der Waals surface area contributed by atoms with Crippen LogP contribution < -0.4 is 5.32 Å². The molecule has 4 rings (SSSR count). The first-order valence-electron chi connectivity index (χ1n) is 8.66. The molecule has 134 valence electrons. The average Bonchev–Trinajstić information content (AvgIpc) is 2.97. The fraction of sp³-hybridized carbons (Fsp3) is 0.300. The number of benzene rings is 2. The van der Waals surface area contributed by atoms with Crippen molar-refractivity contribution < 1.29 is 10.2 Å². The molecule has 0 saturated heterocycles. The Kier molecular flexibility index (Phi) is 4.11. The molecule has 2 aromatic carbocycles. The summed E-state index contributed by atoms with van der Waals surface area (Å²) in [4.78, 5) is 9.66. The van der Waals surface area contributed by atoms with Crippen LogP contribution in [0.15, 0.2) is 42.5 Å². The van der Waals surface area contributed by atoms with Gasteiger partial charge in [0.05, 0.1) is 35.3 Å². The highest BCUT2D eigenvalue weighted by Gasteiger charge is 2.22. The Labute approximate surface area is 151 Å². The Balaban J connectivity index is 1.91. The molecule has 0 amide bonds. The van der Waals surface area contributed by atoms with Gasteiger partial charge in [-0.05, 0) is 30.7 Å². The summed E-state index contributed by atoms with van der Waals surface area (Å²) < 4.78 is 2.06. The van der Waals surface area contributed by atoms with Crippen molar-refractivity contribution in [2.45, 2.75) is 19.0 Å². The largest absolute Gasteiger partial charge is 0.394 e. The molecule has 0 aliphatic heterocycles. The van der Waals surface area contributed by atoms with Crippen molar-refractivity contribution >= 4 is 33.1 Å². The second-order valence-corrected chi connectivity index (χ2v) is 6.99. The molecule has 0 aliphatic rings. The van der Waals surface area contributed by atoms with E-state index in [1.165, 1.54) is 0 Å². The maximum Gasteiger partial charge on any atom is 0.160 e. The third-order valence-electron chi connectivity index (χ3n) is 5.00. The number of aliphatic hydroxyl groups excluding tert-OH is 2. The van der Waals surface area contributed by atoms with Crippen LogP contribution >= 0.6 is 0 Å². The zero-order valence-corrected chi connectivity index (χ0v) is 14.9. The molecule has 3 N–H and O–H groups in total. The zero-order valence-electron chi connectivity index (χ0n) is 14.9. The first-order chi connectivity index (χ1) is 12.6. The van der Waals surface area contributed by atoms with E-state index in [1.54, 1.807) is 6.92 Å². The Morgan fingerprint density at radius 3 is 2.38 bits per heavy atom. The number of nitrogens with one attached hydrogen (secondary N) is 1. The van der Waals surface area contributed by atoms with Crippen LogP contribution in [-0.2, 0) is 13.6 Å². The van der Waals surface area contributed by atoms with E-state index in [2.05, 4.69) is 16.0 Å². The topological polar surface area (TPSA) is 83.2 Å². The van der Waals surface area contributed by atoms with Gasteiger partial charge in [0, 0.05) is 19.0 Å². The number of aliphatic hydroxyl groups is 2. The minimum atomic E-state index is -0.731. The Morgan fingerprint density at radius 1 is 1.00 bits per heavy atom. The summed E-state index contributed by atoms with van der Waals surface area (Å²) in [6.07, 6.45) is 0. The van der Waals surface area contributed by atoms with Crippen molar-refractivity contribution in [1.29, 1.82) is 0 Å². The van der Waals surface area contributed by atoms with Gasteiger partial charge in [0.25, 0.3) is 0 Å². The van der Waals surface area contributed by atoms with Crippen molar-refractivity contribution in [3.05, 3.63) is 48.0 Å². The summed E-state index contributed by atoms with van der Waals surface area (Å²) in [5.74, 6) is 0.